The van der Waals surface area contributed by atoms with Gasteiger partial charge in [0.25, 0.3) is 0 Å². The van der Waals surface area contributed by atoms with E-state index in [1.165, 1.54) is 0 Å². The van der Waals surface area contributed by atoms with E-state index in [1.54, 1.807) is 12.4 Å². The van der Waals surface area contributed by atoms with E-state index in [0.717, 1.165) is 101 Å². The summed E-state index contributed by atoms with van der Waals surface area (Å²) in [7, 11) is 0. The normalized spacial score (nSPS) is 11.3. The van der Waals surface area contributed by atoms with Gasteiger partial charge in [-0.05, 0) is 76.3 Å². The maximum Gasteiger partial charge on any atom is 0.162 e. The van der Waals surface area contributed by atoms with Crippen LogP contribution in [0.3, 0.4) is 0 Å². The van der Waals surface area contributed by atoms with Crippen LogP contribution in [0, 0.1) is 0 Å². The van der Waals surface area contributed by atoms with E-state index >= 15 is 0 Å². The summed E-state index contributed by atoms with van der Waals surface area (Å²) in [4.78, 5) is 19.4. The Morgan fingerprint density at radius 3 is 1.60 bits per heavy atom. The number of benzene rings is 5. The van der Waals surface area contributed by atoms with Crippen LogP contribution in [0.4, 0.5) is 0 Å². The highest BCUT2D eigenvalue weighted by Crippen LogP contribution is 2.47. The summed E-state index contributed by atoms with van der Waals surface area (Å²) in [6.45, 7) is 0. The van der Waals surface area contributed by atoms with Gasteiger partial charge in [-0.1, -0.05) is 133 Å². The number of para-hydroxylation sites is 1. The van der Waals surface area contributed by atoms with Gasteiger partial charge in [-0.2, -0.15) is 0 Å². The molecule has 0 aliphatic heterocycles. The molecule has 0 N–H and O–H groups in total. The molecule has 258 valence electrons. The average molecular weight is 705 g/mol. The summed E-state index contributed by atoms with van der Waals surface area (Å²) >= 11 is 0. The van der Waals surface area contributed by atoms with E-state index in [-0.39, 0.29) is 0 Å². The Balaban J connectivity index is 1.18. The SMILES string of the molecule is c1ccc(-c2cccc(-c3c(-c4ccc(-c5cc(-c6ccccn6)nc(-c6ccccn6)c5)cc4)oc4c(-c5ccccc5)nc5ccccc5c34)c2)cc1. The lowest BCUT2D eigenvalue weighted by Gasteiger charge is -2.11. The quantitative estimate of drug-likeness (QED) is 0.165. The molecule has 0 fully saturated rings. The van der Waals surface area contributed by atoms with E-state index in [4.69, 9.17) is 14.4 Å². The van der Waals surface area contributed by atoms with Gasteiger partial charge in [0.1, 0.15) is 11.5 Å². The molecule has 55 heavy (non-hydrogen) atoms. The summed E-state index contributed by atoms with van der Waals surface area (Å²) in [5.41, 5.74) is 14.1. The Bertz CT molecular complexity index is 2890. The van der Waals surface area contributed by atoms with Gasteiger partial charge in [0, 0.05) is 39.9 Å². The zero-order chi connectivity index (χ0) is 36.6. The standard InChI is InChI=1S/C50H32N4O/c1-3-14-33(15-4-1)37-18-13-19-38(30-37)46-47-40-20-7-8-21-41(40)54-48(35-16-5-2-6-17-35)50(47)55-49(46)36-26-24-34(25-27-36)39-31-44(42-22-9-11-28-51-42)53-45(32-39)43-23-10-12-29-52-43/h1-32H. The van der Waals surface area contributed by atoms with Crippen LogP contribution in [0.5, 0.6) is 0 Å². The van der Waals surface area contributed by atoms with Gasteiger partial charge in [0.15, 0.2) is 5.58 Å². The van der Waals surface area contributed by atoms with Crippen molar-refractivity contribution in [2.45, 2.75) is 0 Å². The third-order valence-electron chi connectivity index (χ3n) is 9.99. The topological polar surface area (TPSA) is 64.7 Å². The van der Waals surface area contributed by atoms with Gasteiger partial charge in [-0.25, -0.2) is 9.97 Å². The van der Waals surface area contributed by atoms with Crippen LogP contribution in [-0.2, 0) is 0 Å². The molecule has 0 saturated heterocycles. The highest BCUT2D eigenvalue weighted by Gasteiger charge is 2.24. The zero-order valence-electron chi connectivity index (χ0n) is 29.7. The summed E-state index contributed by atoms with van der Waals surface area (Å²) in [5, 5.41) is 2.09. The molecule has 0 aliphatic carbocycles. The summed E-state index contributed by atoms with van der Waals surface area (Å²) in [5.74, 6) is 0.792. The molecule has 0 aliphatic rings. The van der Waals surface area contributed by atoms with Gasteiger partial charge < -0.3 is 4.42 Å². The van der Waals surface area contributed by atoms with Crippen LogP contribution < -0.4 is 0 Å². The maximum atomic E-state index is 7.09. The summed E-state index contributed by atoms with van der Waals surface area (Å²) in [6, 6.07) is 62.4. The van der Waals surface area contributed by atoms with E-state index in [1.807, 2.05) is 66.7 Å². The number of fused-ring (bicyclic) bond motifs is 3. The minimum Gasteiger partial charge on any atom is -0.453 e. The second kappa shape index (κ2) is 13.8. The smallest absolute Gasteiger partial charge is 0.162 e. The fourth-order valence-corrected chi connectivity index (χ4v) is 7.37. The first-order valence-corrected chi connectivity index (χ1v) is 18.3. The van der Waals surface area contributed by atoms with E-state index in [9.17, 15) is 0 Å². The molecule has 5 aromatic heterocycles. The number of rotatable bonds is 7. The van der Waals surface area contributed by atoms with Crippen LogP contribution in [0.15, 0.2) is 199 Å². The van der Waals surface area contributed by atoms with Crippen LogP contribution >= 0.6 is 0 Å². The lowest BCUT2D eigenvalue weighted by molar-refractivity contribution is 0.632. The van der Waals surface area contributed by atoms with E-state index in [0.29, 0.717) is 0 Å². The van der Waals surface area contributed by atoms with Gasteiger partial charge in [0.05, 0.1) is 28.3 Å². The molecule has 10 aromatic rings. The Labute approximate surface area is 318 Å². The molecular weight excluding hydrogens is 673 g/mol. The summed E-state index contributed by atoms with van der Waals surface area (Å²) < 4.78 is 7.09. The molecule has 5 aromatic carbocycles. The van der Waals surface area contributed by atoms with Gasteiger partial charge in [0.2, 0.25) is 0 Å². The largest absolute Gasteiger partial charge is 0.453 e. The molecule has 0 saturated carbocycles. The van der Waals surface area contributed by atoms with Crippen LogP contribution in [-0.4, -0.2) is 19.9 Å². The first-order valence-electron chi connectivity index (χ1n) is 18.3. The number of hydrogen-bond donors (Lipinski definition) is 0. The summed E-state index contributed by atoms with van der Waals surface area (Å²) in [6.07, 6.45) is 3.59. The first-order chi connectivity index (χ1) is 27.3. The van der Waals surface area contributed by atoms with E-state index in [2.05, 4.69) is 125 Å². The number of pyridine rings is 4. The van der Waals surface area contributed by atoms with Crippen molar-refractivity contribution in [2.24, 2.45) is 0 Å². The number of hydrogen-bond acceptors (Lipinski definition) is 5. The molecule has 10 rings (SSSR count). The predicted molar refractivity (Wildman–Crippen MR) is 223 cm³/mol. The highest BCUT2D eigenvalue weighted by atomic mass is 16.3. The maximum absolute atomic E-state index is 7.09. The Hall–Kier alpha value is -7.50. The fourth-order valence-electron chi connectivity index (χ4n) is 7.37. The van der Waals surface area contributed by atoms with Crippen LogP contribution in [0.1, 0.15) is 0 Å². The molecule has 0 atom stereocenters. The van der Waals surface area contributed by atoms with E-state index < -0.39 is 0 Å². The van der Waals surface area contributed by atoms with Crippen molar-refractivity contribution in [3.05, 3.63) is 194 Å². The third kappa shape index (κ3) is 6.04. The molecule has 5 heterocycles. The Morgan fingerprint density at radius 2 is 0.927 bits per heavy atom. The lowest BCUT2D eigenvalue weighted by atomic mass is 9.93. The molecule has 0 radical (unpaired) electrons. The molecular formula is C50H32N4O. The van der Waals surface area contributed by atoms with Gasteiger partial charge >= 0.3 is 0 Å². The van der Waals surface area contributed by atoms with Crippen molar-refractivity contribution in [1.29, 1.82) is 0 Å². The highest BCUT2D eigenvalue weighted by molar-refractivity contribution is 6.18. The van der Waals surface area contributed by atoms with Crippen molar-refractivity contribution in [3.63, 3.8) is 0 Å². The predicted octanol–water partition coefficient (Wildman–Crippen LogP) is 12.8. The molecule has 0 unspecified atom stereocenters. The second-order valence-electron chi connectivity index (χ2n) is 13.4. The van der Waals surface area contributed by atoms with Crippen molar-refractivity contribution in [3.8, 4) is 78.7 Å². The van der Waals surface area contributed by atoms with Gasteiger partial charge in [-0.15, -0.1) is 0 Å². The van der Waals surface area contributed by atoms with Crippen molar-refractivity contribution in [2.75, 3.05) is 0 Å². The van der Waals surface area contributed by atoms with Crippen molar-refractivity contribution < 1.29 is 4.42 Å². The third-order valence-corrected chi connectivity index (χ3v) is 9.99. The average Bonchev–Trinajstić information content (AvgIpc) is 3.68. The molecule has 0 spiro atoms. The monoisotopic (exact) mass is 704 g/mol. The fraction of sp³-hybridized carbons (Fsp3) is 0. The molecule has 0 bridgehead atoms. The number of furan rings is 1. The zero-order valence-corrected chi connectivity index (χ0v) is 29.7. The van der Waals surface area contributed by atoms with Crippen molar-refractivity contribution >= 4 is 21.9 Å². The first kappa shape index (κ1) is 32.2. The molecule has 0 amide bonds. The van der Waals surface area contributed by atoms with Crippen LogP contribution in [0.2, 0.25) is 0 Å². The minimum atomic E-state index is 0.762. The number of nitrogens with zero attached hydrogens (tertiary/aromatic N) is 4. The lowest BCUT2D eigenvalue weighted by Crippen LogP contribution is -1.94. The minimum absolute atomic E-state index is 0.762. The van der Waals surface area contributed by atoms with Gasteiger partial charge in [-0.3, -0.25) is 9.97 Å². The Kier molecular flexibility index (Phi) is 8.08. The number of aromatic nitrogens is 4. The van der Waals surface area contributed by atoms with Crippen molar-refractivity contribution in [1.82, 2.24) is 19.9 Å². The molecule has 5 heteroatoms. The Morgan fingerprint density at radius 1 is 0.364 bits per heavy atom. The molecule has 5 nitrogen and oxygen atoms in total. The second-order valence-corrected chi connectivity index (χ2v) is 13.4. The van der Waals surface area contributed by atoms with Crippen LogP contribution in [0.25, 0.3) is 101 Å².